The van der Waals surface area contributed by atoms with Crippen LogP contribution in [0.15, 0.2) is 39.7 Å². The van der Waals surface area contributed by atoms with Gasteiger partial charge in [-0.1, -0.05) is 0 Å². The van der Waals surface area contributed by atoms with Gasteiger partial charge in [0.05, 0.1) is 18.4 Å². The minimum Gasteiger partial charge on any atom is -0.452 e. The molecule has 2 rings (SSSR count). The van der Waals surface area contributed by atoms with Crippen molar-refractivity contribution < 1.29 is 4.42 Å². The maximum atomic E-state index is 5.38. The van der Waals surface area contributed by atoms with Gasteiger partial charge in [-0.25, -0.2) is 0 Å². The molecular weight excluding hydrogens is 256 g/mol. The number of rotatable bonds is 3. The van der Waals surface area contributed by atoms with E-state index in [-0.39, 0.29) is 0 Å². The highest BCUT2D eigenvalue weighted by atomic mass is 79.9. The highest BCUT2D eigenvalue weighted by Crippen LogP contribution is 2.17. The summed E-state index contributed by atoms with van der Waals surface area (Å²) in [4.78, 5) is 4.06. The first-order chi connectivity index (χ1) is 7.25. The van der Waals surface area contributed by atoms with Gasteiger partial charge in [-0.05, 0) is 46.6 Å². The number of hydrogen-bond acceptors (Lipinski definition) is 3. The lowest BCUT2D eigenvalue weighted by atomic mass is 10.2. The Labute approximate surface area is 96.6 Å². The average Bonchev–Trinajstić information content (AvgIpc) is 2.63. The van der Waals surface area contributed by atoms with Crippen LogP contribution in [0.25, 0.3) is 0 Å². The molecule has 0 aliphatic carbocycles. The van der Waals surface area contributed by atoms with E-state index in [1.807, 2.05) is 31.3 Å². The zero-order valence-corrected chi connectivity index (χ0v) is 9.91. The molecule has 2 aromatic heterocycles. The smallest absolute Gasteiger partial charge is 0.169 e. The van der Waals surface area contributed by atoms with Crippen LogP contribution in [0.1, 0.15) is 11.3 Å². The first kappa shape index (κ1) is 10.2. The Hall–Kier alpha value is -1.29. The molecule has 0 aromatic carbocycles. The number of nitrogens with zero attached hydrogens (tertiary/aromatic N) is 1. The molecule has 0 aliphatic heterocycles. The summed E-state index contributed by atoms with van der Waals surface area (Å²) in [6.07, 6.45) is 3.59. The van der Waals surface area contributed by atoms with Crippen molar-refractivity contribution in [2.24, 2.45) is 0 Å². The monoisotopic (exact) mass is 266 g/mol. The molecule has 0 bridgehead atoms. The normalized spacial score (nSPS) is 10.3. The molecule has 0 radical (unpaired) electrons. The van der Waals surface area contributed by atoms with Gasteiger partial charge in [-0.3, -0.25) is 4.98 Å². The van der Waals surface area contributed by atoms with E-state index in [2.05, 4.69) is 26.2 Å². The summed E-state index contributed by atoms with van der Waals surface area (Å²) in [5.74, 6) is 0.894. The summed E-state index contributed by atoms with van der Waals surface area (Å²) in [7, 11) is 0. The number of nitrogens with one attached hydrogen (secondary N) is 1. The number of pyridine rings is 1. The van der Waals surface area contributed by atoms with Gasteiger partial charge in [0.25, 0.3) is 0 Å². The molecule has 1 N–H and O–H groups in total. The lowest BCUT2D eigenvalue weighted by molar-refractivity contribution is 0.495. The van der Waals surface area contributed by atoms with E-state index < -0.39 is 0 Å². The van der Waals surface area contributed by atoms with Crippen LogP contribution in [0.2, 0.25) is 0 Å². The lowest BCUT2D eigenvalue weighted by Gasteiger charge is -2.06. The van der Waals surface area contributed by atoms with Crippen molar-refractivity contribution in [2.75, 3.05) is 5.32 Å². The average molecular weight is 267 g/mol. The molecule has 0 aliphatic rings. The Morgan fingerprint density at radius 1 is 1.40 bits per heavy atom. The van der Waals surface area contributed by atoms with Gasteiger partial charge < -0.3 is 9.73 Å². The van der Waals surface area contributed by atoms with E-state index in [0.29, 0.717) is 6.54 Å². The molecule has 0 saturated heterocycles. The van der Waals surface area contributed by atoms with Crippen molar-refractivity contribution in [2.45, 2.75) is 13.5 Å². The molecule has 0 fully saturated rings. The summed E-state index contributed by atoms with van der Waals surface area (Å²) in [5, 5.41) is 3.27. The Kier molecular flexibility index (Phi) is 3.06. The third-order valence-electron chi connectivity index (χ3n) is 2.12. The molecule has 0 saturated carbocycles. The van der Waals surface area contributed by atoms with Crippen LogP contribution in [0.5, 0.6) is 0 Å². The van der Waals surface area contributed by atoms with Gasteiger partial charge in [-0.15, -0.1) is 0 Å². The predicted octanol–water partition coefficient (Wildman–Crippen LogP) is 3.36. The standard InChI is InChI=1S/C11H11BrN2O/c1-8-4-5-13-7-10(8)14-6-9-2-3-11(12)15-9/h2-5,7,14H,6H2,1H3. The third-order valence-corrected chi connectivity index (χ3v) is 2.55. The molecular formula is C11H11BrN2O. The van der Waals surface area contributed by atoms with Crippen molar-refractivity contribution in [1.82, 2.24) is 4.98 Å². The van der Waals surface area contributed by atoms with Gasteiger partial charge in [-0.2, -0.15) is 0 Å². The molecule has 2 heterocycles. The molecule has 0 spiro atoms. The van der Waals surface area contributed by atoms with E-state index in [1.165, 1.54) is 5.56 Å². The number of aryl methyl sites for hydroxylation is 1. The lowest BCUT2D eigenvalue weighted by Crippen LogP contribution is -2.00. The van der Waals surface area contributed by atoms with Gasteiger partial charge in [0.1, 0.15) is 5.76 Å². The van der Waals surface area contributed by atoms with Crippen molar-refractivity contribution in [3.05, 3.63) is 46.6 Å². The van der Waals surface area contributed by atoms with Crippen LogP contribution in [-0.4, -0.2) is 4.98 Å². The van der Waals surface area contributed by atoms with Crippen LogP contribution in [-0.2, 0) is 6.54 Å². The van der Waals surface area contributed by atoms with Crippen LogP contribution >= 0.6 is 15.9 Å². The maximum absolute atomic E-state index is 5.38. The molecule has 0 amide bonds. The summed E-state index contributed by atoms with van der Waals surface area (Å²) in [5.41, 5.74) is 2.21. The first-order valence-electron chi connectivity index (χ1n) is 4.64. The Balaban J connectivity index is 2.02. The number of hydrogen-bond donors (Lipinski definition) is 1. The van der Waals surface area contributed by atoms with Crippen molar-refractivity contribution in [3.63, 3.8) is 0 Å². The second-order valence-electron chi connectivity index (χ2n) is 3.25. The van der Waals surface area contributed by atoms with Gasteiger partial charge >= 0.3 is 0 Å². The van der Waals surface area contributed by atoms with E-state index in [9.17, 15) is 0 Å². The summed E-state index contributed by atoms with van der Waals surface area (Å²) in [6, 6.07) is 5.79. The zero-order chi connectivity index (χ0) is 10.7. The Morgan fingerprint density at radius 3 is 2.93 bits per heavy atom. The zero-order valence-electron chi connectivity index (χ0n) is 8.33. The number of anilines is 1. The van der Waals surface area contributed by atoms with E-state index in [0.717, 1.165) is 16.1 Å². The number of halogens is 1. The fraction of sp³-hybridized carbons (Fsp3) is 0.182. The largest absolute Gasteiger partial charge is 0.452 e. The quantitative estimate of drug-likeness (QED) is 0.926. The van der Waals surface area contributed by atoms with Crippen molar-refractivity contribution in [1.29, 1.82) is 0 Å². The van der Waals surface area contributed by atoms with Crippen LogP contribution in [0.4, 0.5) is 5.69 Å². The number of furan rings is 1. The highest BCUT2D eigenvalue weighted by Gasteiger charge is 2.00. The van der Waals surface area contributed by atoms with E-state index in [1.54, 1.807) is 6.20 Å². The third kappa shape index (κ3) is 2.59. The SMILES string of the molecule is Cc1ccncc1NCc1ccc(Br)o1. The first-order valence-corrected chi connectivity index (χ1v) is 5.44. The van der Waals surface area contributed by atoms with Gasteiger partial charge in [0, 0.05) is 6.20 Å². The summed E-state index contributed by atoms with van der Waals surface area (Å²) >= 11 is 3.27. The van der Waals surface area contributed by atoms with Crippen LogP contribution < -0.4 is 5.32 Å². The molecule has 0 unspecified atom stereocenters. The van der Waals surface area contributed by atoms with Crippen molar-refractivity contribution >= 4 is 21.6 Å². The molecule has 0 atom stereocenters. The molecule has 15 heavy (non-hydrogen) atoms. The maximum Gasteiger partial charge on any atom is 0.169 e. The Bertz CT molecular complexity index is 453. The molecule has 78 valence electrons. The fourth-order valence-corrected chi connectivity index (χ4v) is 1.62. The van der Waals surface area contributed by atoms with Crippen LogP contribution in [0, 0.1) is 6.92 Å². The summed E-state index contributed by atoms with van der Waals surface area (Å²) in [6.45, 7) is 2.71. The second kappa shape index (κ2) is 4.49. The van der Waals surface area contributed by atoms with Crippen LogP contribution in [0.3, 0.4) is 0 Å². The predicted molar refractivity (Wildman–Crippen MR) is 62.7 cm³/mol. The minimum atomic E-state index is 0.665. The second-order valence-corrected chi connectivity index (χ2v) is 4.03. The molecule has 3 nitrogen and oxygen atoms in total. The topological polar surface area (TPSA) is 38.1 Å². The van der Waals surface area contributed by atoms with E-state index >= 15 is 0 Å². The Morgan fingerprint density at radius 2 is 2.27 bits per heavy atom. The fourth-order valence-electron chi connectivity index (χ4n) is 1.28. The molecule has 2 aromatic rings. The van der Waals surface area contributed by atoms with Crippen molar-refractivity contribution in [3.8, 4) is 0 Å². The minimum absolute atomic E-state index is 0.665. The van der Waals surface area contributed by atoms with E-state index in [4.69, 9.17) is 4.42 Å². The highest BCUT2D eigenvalue weighted by molar-refractivity contribution is 9.10. The number of aromatic nitrogens is 1. The van der Waals surface area contributed by atoms with Gasteiger partial charge in [0.2, 0.25) is 0 Å². The molecule has 4 heteroatoms. The van der Waals surface area contributed by atoms with Gasteiger partial charge in [0.15, 0.2) is 4.67 Å². The summed E-state index contributed by atoms with van der Waals surface area (Å²) < 4.78 is 6.13.